The topological polar surface area (TPSA) is 78.9 Å². The van der Waals surface area contributed by atoms with Gasteiger partial charge in [0, 0.05) is 14.2 Å². The van der Waals surface area contributed by atoms with E-state index in [1.807, 2.05) is 6.92 Å². The lowest BCUT2D eigenvalue weighted by atomic mass is 10.2. The fourth-order valence-electron chi connectivity index (χ4n) is 1.39. The first-order chi connectivity index (χ1) is 7.56. The van der Waals surface area contributed by atoms with Gasteiger partial charge in [0.2, 0.25) is 5.91 Å². The zero-order valence-corrected chi connectivity index (χ0v) is 10.0. The van der Waals surface area contributed by atoms with Crippen molar-refractivity contribution in [3.63, 3.8) is 0 Å². The molecule has 0 aliphatic carbocycles. The Labute approximate surface area is 95.6 Å². The van der Waals surface area contributed by atoms with Crippen LogP contribution in [0.2, 0.25) is 0 Å². The molecule has 0 saturated carbocycles. The molecule has 0 aliphatic rings. The first-order valence-corrected chi connectivity index (χ1v) is 5.23. The number of nitrogens with one attached hydrogen (secondary N) is 1. The van der Waals surface area contributed by atoms with Crippen molar-refractivity contribution >= 4 is 11.9 Å². The van der Waals surface area contributed by atoms with E-state index in [2.05, 4.69) is 5.32 Å². The predicted molar refractivity (Wildman–Crippen MR) is 59.2 cm³/mol. The normalized spacial score (nSPS) is 12.5. The molecule has 0 aromatic carbocycles. The summed E-state index contributed by atoms with van der Waals surface area (Å²) >= 11 is 0. The van der Waals surface area contributed by atoms with Gasteiger partial charge in [-0.3, -0.25) is 14.5 Å². The minimum Gasteiger partial charge on any atom is -0.480 e. The highest BCUT2D eigenvalue weighted by Gasteiger charge is 2.26. The Balaban J connectivity index is 4.55. The number of methoxy groups -OCH3 is 1. The van der Waals surface area contributed by atoms with Crippen molar-refractivity contribution in [1.82, 2.24) is 10.2 Å². The number of hydrogen-bond donors (Lipinski definition) is 2. The summed E-state index contributed by atoms with van der Waals surface area (Å²) in [6.45, 7) is 2.63. The lowest BCUT2D eigenvalue weighted by Crippen LogP contribution is -2.48. The van der Waals surface area contributed by atoms with Crippen LogP contribution in [0.3, 0.4) is 0 Å². The van der Waals surface area contributed by atoms with E-state index in [1.54, 1.807) is 4.90 Å². The van der Waals surface area contributed by atoms with Crippen molar-refractivity contribution in [1.29, 1.82) is 0 Å². The summed E-state index contributed by atoms with van der Waals surface area (Å²) in [5.74, 6) is -1.17. The molecule has 6 heteroatoms. The second kappa shape index (κ2) is 8.06. The van der Waals surface area contributed by atoms with E-state index in [-0.39, 0.29) is 19.1 Å². The maximum absolute atomic E-state index is 11.2. The molecule has 0 aromatic heterocycles. The van der Waals surface area contributed by atoms with Crippen LogP contribution in [0.4, 0.5) is 0 Å². The molecule has 94 valence electrons. The number of ether oxygens (including phenoxy) is 1. The number of hydrogen-bond acceptors (Lipinski definition) is 4. The maximum atomic E-state index is 11.2. The second-order valence-electron chi connectivity index (χ2n) is 3.45. The van der Waals surface area contributed by atoms with E-state index in [1.165, 1.54) is 14.2 Å². The predicted octanol–water partition coefficient (Wildman–Crippen LogP) is -0.456. The van der Waals surface area contributed by atoms with Gasteiger partial charge in [0.05, 0.1) is 13.2 Å². The molecule has 0 bridgehead atoms. The highest BCUT2D eigenvalue weighted by Crippen LogP contribution is 2.02. The van der Waals surface area contributed by atoms with Gasteiger partial charge in [-0.2, -0.15) is 0 Å². The summed E-state index contributed by atoms with van der Waals surface area (Å²) in [4.78, 5) is 23.9. The number of carboxylic acid groups (broad SMARTS) is 1. The number of carboxylic acids is 1. The monoisotopic (exact) mass is 232 g/mol. The number of carbonyl (C=O) groups is 2. The zero-order valence-electron chi connectivity index (χ0n) is 10.0. The quantitative estimate of drug-likeness (QED) is 0.592. The molecule has 1 amide bonds. The van der Waals surface area contributed by atoms with Gasteiger partial charge in [0.1, 0.15) is 6.04 Å². The van der Waals surface area contributed by atoms with Gasteiger partial charge in [-0.25, -0.2) is 0 Å². The molecule has 1 atom stereocenters. The largest absolute Gasteiger partial charge is 0.480 e. The average Bonchev–Trinajstić information content (AvgIpc) is 2.24. The van der Waals surface area contributed by atoms with Gasteiger partial charge in [0.25, 0.3) is 0 Å². The first kappa shape index (κ1) is 14.9. The van der Waals surface area contributed by atoms with Crippen LogP contribution in [-0.2, 0) is 14.3 Å². The SMILES string of the molecule is CCCN(CC(=O)NC)C(COC)C(=O)O. The van der Waals surface area contributed by atoms with Crippen LogP contribution in [0.15, 0.2) is 0 Å². The molecule has 0 rings (SSSR count). The first-order valence-electron chi connectivity index (χ1n) is 5.23. The molecule has 16 heavy (non-hydrogen) atoms. The molecular weight excluding hydrogens is 212 g/mol. The highest BCUT2D eigenvalue weighted by molar-refractivity contribution is 5.79. The number of amides is 1. The molecule has 6 nitrogen and oxygen atoms in total. The minimum absolute atomic E-state index is 0.0741. The summed E-state index contributed by atoms with van der Waals surface area (Å²) in [5, 5.41) is 11.5. The van der Waals surface area contributed by atoms with Crippen LogP contribution in [0.25, 0.3) is 0 Å². The van der Waals surface area contributed by atoms with Crippen molar-refractivity contribution in [2.45, 2.75) is 19.4 Å². The Hall–Kier alpha value is -1.14. The number of nitrogens with zero attached hydrogens (tertiary/aromatic N) is 1. The molecule has 0 spiro atoms. The summed E-state index contributed by atoms with van der Waals surface area (Å²) in [7, 11) is 2.97. The highest BCUT2D eigenvalue weighted by atomic mass is 16.5. The van der Waals surface area contributed by atoms with Gasteiger partial charge in [-0.05, 0) is 13.0 Å². The van der Waals surface area contributed by atoms with Crippen molar-refractivity contribution < 1.29 is 19.4 Å². The zero-order chi connectivity index (χ0) is 12.6. The van der Waals surface area contributed by atoms with Gasteiger partial charge < -0.3 is 15.2 Å². The van der Waals surface area contributed by atoms with E-state index >= 15 is 0 Å². The van der Waals surface area contributed by atoms with Crippen molar-refractivity contribution in [2.75, 3.05) is 33.9 Å². The van der Waals surface area contributed by atoms with Crippen LogP contribution in [-0.4, -0.2) is 61.8 Å². The van der Waals surface area contributed by atoms with Crippen LogP contribution < -0.4 is 5.32 Å². The van der Waals surface area contributed by atoms with Crippen LogP contribution in [0.5, 0.6) is 0 Å². The van der Waals surface area contributed by atoms with Crippen molar-refractivity contribution in [3.8, 4) is 0 Å². The standard InChI is InChI=1S/C10H20N2O4/c1-4-5-12(6-9(13)11-2)8(7-16-3)10(14)15/h8H,4-7H2,1-3H3,(H,11,13)(H,14,15). The Morgan fingerprint density at radius 3 is 2.50 bits per heavy atom. The van der Waals surface area contributed by atoms with Crippen LogP contribution >= 0.6 is 0 Å². The summed E-state index contributed by atoms with van der Waals surface area (Å²) in [5.41, 5.74) is 0. The summed E-state index contributed by atoms with van der Waals surface area (Å²) in [6.07, 6.45) is 0.782. The molecule has 0 aliphatic heterocycles. The fraction of sp³-hybridized carbons (Fsp3) is 0.800. The van der Waals surface area contributed by atoms with E-state index in [0.29, 0.717) is 6.54 Å². The third kappa shape index (κ3) is 5.09. The molecule has 0 heterocycles. The molecular formula is C10H20N2O4. The lowest BCUT2D eigenvalue weighted by molar-refractivity contribution is -0.146. The smallest absolute Gasteiger partial charge is 0.323 e. The average molecular weight is 232 g/mol. The van der Waals surface area contributed by atoms with E-state index in [4.69, 9.17) is 9.84 Å². The number of rotatable bonds is 8. The Morgan fingerprint density at radius 2 is 2.12 bits per heavy atom. The summed E-state index contributed by atoms with van der Waals surface area (Å²) in [6, 6.07) is -0.776. The number of carbonyl (C=O) groups excluding carboxylic acids is 1. The van der Waals surface area contributed by atoms with Gasteiger partial charge in [0.15, 0.2) is 0 Å². The van der Waals surface area contributed by atoms with Gasteiger partial charge in [-0.1, -0.05) is 6.92 Å². The molecule has 1 unspecified atom stereocenters. The van der Waals surface area contributed by atoms with E-state index in [0.717, 1.165) is 6.42 Å². The third-order valence-corrected chi connectivity index (χ3v) is 2.19. The lowest BCUT2D eigenvalue weighted by Gasteiger charge is -2.26. The van der Waals surface area contributed by atoms with E-state index < -0.39 is 12.0 Å². The van der Waals surface area contributed by atoms with Crippen LogP contribution in [0, 0.1) is 0 Å². The summed E-state index contributed by atoms with van der Waals surface area (Å²) < 4.78 is 4.85. The fourth-order valence-corrected chi connectivity index (χ4v) is 1.39. The van der Waals surface area contributed by atoms with E-state index in [9.17, 15) is 9.59 Å². The molecule has 0 aromatic rings. The molecule has 0 radical (unpaired) electrons. The Bertz CT molecular complexity index is 233. The molecule has 0 saturated heterocycles. The Kier molecular flexibility index (Phi) is 7.49. The minimum atomic E-state index is -0.973. The van der Waals surface area contributed by atoms with Crippen LogP contribution in [0.1, 0.15) is 13.3 Å². The van der Waals surface area contributed by atoms with Crippen molar-refractivity contribution in [2.24, 2.45) is 0 Å². The number of aliphatic carboxylic acids is 1. The molecule has 2 N–H and O–H groups in total. The second-order valence-corrected chi connectivity index (χ2v) is 3.45. The van der Waals surface area contributed by atoms with Gasteiger partial charge >= 0.3 is 5.97 Å². The third-order valence-electron chi connectivity index (χ3n) is 2.19. The van der Waals surface area contributed by atoms with Gasteiger partial charge in [-0.15, -0.1) is 0 Å². The maximum Gasteiger partial charge on any atom is 0.323 e. The van der Waals surface area contributed by atoms with Crippen molar-refractivity contribution in [3.05, 3.63) is 0 Å². The Morgan fingerprint density at radius 1 is 1.50 bits per heavy atom. The molecule has 0 fully saturated rings. The number of likely N-dealkylation sites (N-methyl/N-ethyl adjacent to an activating group) is 1.